The van der Waals surface area contributed by atoms with Crippen molar-refractivity contribution in [3.63, 3.8) is 0 Å². The molecule has 0 saturated carbocycles. The molecule has 14 heavy (non-hydrogen) atoms. The van der Waals surface area contributed by atoms with Gasteiger partial charge in [-0.05, 0) is 47.0 Å². The Labute approximate surface area is 95.4 Å². The summed E-state index contributed by atoms with van der Waals surface area (Å²) in [6, 6.07) is 4.02. The van der Waals surface area contributed by atoms with Crippen LogP contribution in [0.3, 0.4) is 0 Å². The lowest BCUT2D eigenvalue weighted by atomic mass is 10.2. The number of carboxylic acid groups (broad SMARTS) is 1. The van der Waals surface area contributed by atoms with Gasteiger partial charge >= 0.3 is 5.97 Å². The Bertz CT molecular complexity index is 355. The molecule has 0 spiro atoms. The zero-order valence-electron chi connectivity index (χ0n) is 7.79. The molecule has 4 heteroatoms. The zero-order valence-corrected chi connectivity index (χ0v) is 10.2. The van der Waals surface area contributed by atoms with Crippen molar-refractivity contribution in [1.82, 2.24) is 0 Å². The number of rotatable bonds is 4. The second-order valence-electron chi connectivity index (χ2n) is 2.92. The highest BCUT2D eigenvalue weighted by atomic mass is 79.9. The Morgan fingerprint density at radius 2 is 2.36 bits per heavy atom. The van der Waals surface area contributed by atoms with Crippen LogP contribution in [0.4, 0.5) is 0 Å². The van der Waals surface area contributed by atoms with Gasteiger partial charge in [0.05, 0.1) is 3.79 Å². The number of thiophene rings is 1. The molecule has 0 unspecified atom stereocenters. The highest BCUT2D eigenvalue weighted by molar-refractivity contribution is 9.11. The van der Waals surface area contributed by atoms with Crippen LogP contribution in [-0.2, 0) is 4.79 Å². The van der Waals surface area contributed by atoms with Crippen LogP contribution in [0.5, 0.6) is 0 Å². The first-order chi connectivity index (χ1) is 6.59. The van der Waals surface area contributed by atoms with Crippen LogP contribution in [0.2, 0.25) is 0 Å². The predicted molar refractivity (Wildman–Crippen MR) is 62.5 cm³/mol. The number of allylic oxidation sites excluding steroid dienone is 2. The number of carbonyl (C=O) groups is 1. The molecule has 76 valence electrons. The second kappa shape index (κ2) is 5.32. The number of aliphatic carboxylic acids is 1. The van der Waals surface area contributed by atoms with Crippen LogP contribution in [0.25, 0.3) is 5.57 Å². The molecule has 0 aliphatic rings. The van der Waals surface area contributed by atoms with E-state index in [0.29, 0.717) is 6.42 Å². The normalized spacial score (nSPS) is 11.7. The molecule has 1 aromatic rings. The molecule has 1 heterocycles. The smallest absolute Gasteiger partial charge is 0.303 e. The van der Waals surface area contributed by atoms with Crippen molar-refractivity contribution < 1.29 is 9.90 Å². The topological polar surface area (TPSA) is 37.3 Å². The van der Waals surface area contributed by atoms with E-state index >= 15 is 0 Å². The third-order valence-corrected chi connectivity index (χ3v) is 3.53. The fourth-order valence-corrected chi connectivity index (χ4v) is 2.42. The Hall–Kier alpha value is -0.610. The van der Waals surface area contributed by atoms with Crippen molar-refractivity contribution in [2.24, 2.45) is 0 Å². The van der Waals surface area contributed by atoms with Gasteiger partial charge in [-0.1, -0.05) is 6.08 Å². The maximum absolute atomic E-state index is 10.3. The van der Waals surface area contributed by atoms with E-state index in [2.05, 4.69) is 15.9 Å². The first-order valence-corrected chi connectivity index (χ1v) is 5.85. The summed E-state index contributed by atoms with van der Waals surface area (Å²) in [6.07, 6.45) is 2.76. The lowest BCUT2D eigenvalue weighted by Crippen LogP contribution is -1.91. The summed E-state index contributed by atoms with van der Waals surface area (Å²) in [4.78, 5) is 11.5. The first-order valence-electron chi connectivity index (χ1n) is 4.24. The van der Waals surface area contributed by atoms with Crippen LogP contribution >= 0.6 is 27.3 Å². The molecule has 0 bridgehead atoms. The minimum Gasteiger partial charge on any atom is -0.481 e. The van der Waals surface area contributed by atoms with Crippen molar-refractivity contribution >= 4 is 38.8 Å². The third kappa shape index (κ3) is 3.64. The van der Waals surface area contributed by atoms with E-state index in [1.165, 1.54) is 4.88 Å². The van der Waals surface area contributed by atoms with Gasteiger partial charge in [-0.2, -0.15) is 0 Å². The largest absolute Gasteiger partial charge is 0.481 e. The molecule has 1 rings (SSSR count). The molecular weight excluding hydrogens is 264 g/mol. The van der Waals surface area contributed by atoms with Gasteiger partial charge in [0.25, 0.3) is 0 Å². The molecule has 1 aromatic heterocycles. The summed E-state index contributed by atoms with van der Waals surface area (Å²) in [5.41, 5.74) is 1.14. The summed E-state index contributed by atoms with van der Waals surface area (Å²) in [5.74, 6) is -0.749. The van der Waals surface area contributed by atoms with Crippen molar-refractivity contribution in [3.05, 3.63) is 26.9 Å². The van der Waals surface area contributed by atoms with Crippen LogP contribution < -0.4 is 0 Å². The van der Waals surface area contributed by atoms with Crippen LogP contribution in [0, 0.1) is 0 Å². The average Bonchev–Trinajstić information content (AvgIpc) is 2.51. The summed E-state index contributed by atoms with van der Waals surface area (Å²) in [7, 11) is 0. The number of hydrogen-bond acceptors (Lipinski definition) is 2. The lowest BCUT2D eigenvalue weighted by molar-refractivity contribution is -0.136. The minimum atomic E-state index is -0.749. The van der Waals surface area contributed by atoms with Crippen molar-refractivity contribution in [2.45, 2.75) is 19.8 Å². The first kappa shape index (κ1) is 11.5. The lowest BCUT2D eigenvalue weighted by Gasteiger charge is -1.95. The van der Waals surface area contributed by atoms with E-state index < -0.39 is 5.97 Å². The van der Waals surface area contributed by atoms with E-state index in [0.717, 1.165) is 9.36 Å². The third-order valence-electron chi connectivity index (χ3n) is 1.77. The molecule has 0 aromatic carbocycles. The Morgan fingerprint density at radius 1 is 1.64 bits per heavy atom. The summed E-state index contributed by atoms with van der Waals surface area (Å²) >= 11 is 5.04. The minimum absolute atomic E-state index is 0.198. The molecular formula is C10H11BrO2S. The Kier molecular flexibility index (Phi) is 4.35. The molecule has 0 saturated heterocycles. The molecule has 0 aliphatic carbocycles. The molecule has 0 atom stereocenters. The predicted octanol–water partition coefficient (Wildman–Crippen LogP) is 3.78. The second-order valence-corrected chi connectivity index (χ2v) is 5.39. The van der Waals surface area contributed by atoms with Gasteiger partial charge < -0.3 is 5.11 Å². The quantitative estimate of drug-likeness (QED) is 0.908. The number of carboxylic acids is 1. The van der Waals surface area contributed by atoms with Crippen molar-refractivity contribution in [3.8, 4) is 0 Å². The molecule has 0 radical (unpaired) electrons. The average molecular weight is 275 g/mol. The summed E-state index contributed by atoms with van der Waals surface area (Å²) in [6.45, 7) is 2.00. The molecule has 1 N–H and O–H groups in total. The fraction of sp³-hybridized carbons (Fsp3) is 0.300. The van der Waals surface area contributed by atoms with E-state index in [1.54, 1.807) is 11.3 Å². The van der Waals surface area contributed by atoms with Gasteiger partial charge in [-0.15, -0.1) is 11.3 Å². The summed E-state index contributed by atoms with van der Waals surface area (Å²) < 4.78 is 1.10. The SMILES string of the molecule is CC(=CCCC(=O)O)c1ccc(Br)s1. The molecule has 0 fully saturated rings. The van der Waals surface area contributed by atoms with Gasteiger partial charge in [0.2, 0.25) is 0 Å². The van der Waals surface area contributed by atoms with E-state index in [-0.39, 0.29) is 6.42 Å². The van der Waals surface area contributed by atoms with Crippen molar-refractivity contribution in [1.29, 1.82) is 0 Å². The summed E-state index contributed by atoms with van der Waals surface area (Å²) in [5, 5.41) is 8.47. The Morgan fingerprint density at radius 3 is 2.86 bits per heavy atom. The maximum atomic E-state index is 10.3. The van der Waals surface area contributed by atoms with Crippen LogP contribution in [0.1, 0.15) is 24.6 Å². The standard InChI is InChI=1S/C10H11BrO2S/c1-7(3-2-4-10(12)13)8-5-6-9(11)14-8/h3,5-6H,2,4H2,1H3,(H,12,13). The monoisotopic (exact) mass is 274 g/mol. The molecule has 0 aliphatic heterocycles. The van der Waals surface area contributed by atoms with E-state index in [9.17, 15) is 4.79 Å². The van der Waals surface area contributed by atoms with Gasteiger partial charge in [0, 0.05) is 11.3 Å². The van der Waals surface area contributed by atoms with Crippen molar-refractivity contribution in [2.75, 3.05) is 0 Å². The number of halogens is 1. The fourth-order valence-electron chi connectivity index (χ4n) is 1.04. The maximum Gasteiger partial charge on any atom is 0.303 e. The molecule has 0 amide bonds. The van der Waals surface area contributed by atoms with Gasteiger partial charge in [0.15, 0.2) is 0 Å². The highest BCUT2D eigenvalue weighted by Crippen LogP contribution is 2.27. The van der Waals surface area contributed by atoms with Gasteiger partial charge in [-0.25, -0.2) is 0 Å². The zero-order chi connectivity index (χ0) is 10.6. The molecule has 2 nitrogen and oxygen atoms in total. The number of hydrogen-bond donors (Lipinski definition) is 1. The van der Waals surface area contributed by atoms with E-state index in [4.69, 9.17) is 5.11 Å². The van der Waals surface area contributed by atoms with Crippen LogP contribution in [0.15, 0.2) is 22.0 Å². The van der Waals surface area contributed by atoms with Gasteiger partial charge in [-0.3, -0.25) is 4.79 Å². The highest BCUT2D eigenvalue weighted by Gasteiger charge is 2.00. The van der Waals surface area contributed by atoms with E-state index in [1.807, 2.05) is 25.1 Å². The van der Waals surface area contributed by atoms with Crippen LogP contribution in [-0.4, -0.2) is 11.1 Å². The Balaban J connectivity index is 2.56. The van der Waals surface area contributed by atoms with Gasteiger partial charge in [0.1, 0.15) is 0 Å².